The highest BCUT2D eigenvalue weighted by Crippen LogP contribution is 2.23. The molecule has 1 amide bonds. The third-order valence-electron chi connectivity index (χ3n) is 3.76. The summed E-state index contributed by atoms with van der Waals surface area (Å²) in [6.07, 6.45) is 2.13. The number of carbonyl (C=O) groups is 1. The zero-order valence-corrected chi connectivity index (χ0v) is 11.5. The zero-order valence-electron chi connectivity index (χ0n) is 11.5. The van der Waals surface area contributed by atoms with E-state index in [9.17, 15) is 9.18 Å². The van der Waals surface area contributed by atoms with Crippen LogP contribution < -0.4 is 10.2 Å². The van der Waals surface area contributed by atoms with Crippen LogP contribution in [-0.2, 0) is 4.79 Å². The van der Waals surface area contributed by atoms with Crippen LogP contribution in [0.4, 0.5) is 10.1 Å². The minimum atomic E-state index is -0.346. The Morgan fingerprint density at radius 3 is 2.84 bits per heavy atom. The minimum absolute atomic E-state index is 0.0280. The second kappa shape index (κ2) is 6.15. The number of piperidine rings is 1. The summed E-state index contributed by atoms with van der Waals surface area (Å²) in [7, 11) is 0. The molecule has 1 aromatic carbocycles. The van der Waals surface area contributed by atoms with Crippen molar-refractivity contribution < 1.29 is 9.18 Å². The fraction of sp³-hybridized carbons (Fsp3) is 0.533. The molecule has 0 radical (unpaired) electrons. The molecule has 0 aromatic heterocycles. The SMILES string of the molecule is CCN(C(=O)C1NCCCC1C)c1ccccc1F. The van der Waals surface area contributed by atoms with Crippen LogP contribution in [-0.4, -0.2) is 25.0 Å². The molecule has 2 unspecified atom stereocenters. The van der Waals surface area contributed by atoms with Gasteiger partial charge in [-0.05, 0) is 44.4 Å². The summed E-state index contributed by atoms with van der Waals surface area (Å²) in [5, 5.41) is 3.26. The maximum absolute atomic E-state index is 13.8. The van der Waals surface area contributed by atoms with Crippen molar-refractivity contribution in [3.05, 3.63) is 30.1 Å². The molecular formula is C15H21FN2O. The average Bonchev–Trinajstić information content (AvgIpc) is 2.42. The van der Waals surface area contributed by atoms with E-state index in [1.807, 2.05) is 6.92 Å². The van der Waals surface area contributed by atoms with Gasteiger partial charge in [0.05, 0.1) is 11.7 Å². The third kappa shape index (κ3) is 2.95. The minimum Gasteiger partial charge on any atom is -0.309 e. The number of nitrogens with one attached hydrogen (secondary N) is 1. The zero-order chi connectivity index (χ0) is 13.8. The van der Waals surface area contributed by atoms with Gasteiger partial charge in [0, 0.05) is 6.54 Å². The number of hydrogen-bond donors (Lipinski definition) is 1. The number of anilines is 1. The highest BCUT2D eigenvalue weighted by atomic mass is 19.1. The van der Waals surface area contributed by atoms with Gasteiger partial charge in [0.25, 0.3) is 0 Å². The Morgan fingerprint density at radius 1 is 1.47 bits per heavy atom. The van der Waals surface area contributed by atoms with Crippen molar-refractivity contribution in [2.45, 2.75) is 32.7 Å². The lowest BCUT2D eigenvalue weighted by molar-refractivity contribution is -0.122. The van der Waals surface area contributed by atoms with E-state index in [0.717, 1.165) is 19.4 Å². The Morgan fingerprint density at radius 2 is 2.21 bits per heavy atom. The third-order valence-corrected chi connectivity index (χ3v) is 3.76. The topological polar surface area (TPSA) is 32.3 Å². The molecule has 1 aliphatic rings. The first-order chi connectivity index (χ1) is 9.15. The van der Waals surface area contributed by atoms with Gasteiger partial charge in [0.15, 0.2) is 0 Å². The molecule has 1 aliphatic heterocycles. The lowest BCUT2D eigenvalue weighted by Gasteiger charge is -2.33. The Hall–Kier alpha value is -1.42. The summed E-state index contributed by atoms with van der Waals surface area (Å²) in [6, 6.07) is 6.24. The van der Waals surface area contributed by atoms with Crippen molar-refractivity contribution in [1.82, 2.24) is 5.32 Å². The van der Waals surface area contributed by atoms with E-state index >= 15 is 0 Å². The van der Waals surface area contributed by atoms with Gasteiger partial charge in [-0.15, -0.1) is 0 Å². The van der Waals surface area contributed by atoms with E-state index < -0.39 is 0 Å². The largest absolute Gasteiger partial charge is 0.309 e. The molecule has 1 N–H and O–H groups in total. The van der Waals surface area contributed by atoms with Crippen LogP contribution >= 0.6 is 0 Å². The maximum Gasteiger partial charge on any atom is 0.244 e. The molecular weight excluding hydrogens is 243 g/mol. The smallest absolute Gasteiger partial charge is 0.244 e. The van der Waals surface area contributed by atoms with E-state index in [2.05, 4.69) is 12.2 Å². The maximum atomic E-state index is 13.8. The number of halogens is 1. The van der Waals surface area contributed by atoms with Crippen molar-refractivity contribution in [3.63, 3.8) is 0 Å². The number of benzene rings is 1. The van der Waals surface area contributed by atoms with E-state index in [-0.39, 0.29) is 17.8 Å². The summed E-state index contributed by atoms with van der Waals surface area (Å²) in [5.41, 5.74) is 0.370. The average molecular weight is 264 g/mol. The number of rotatable bonds is 3. The van der Waals surface area contributed by atoms with Gasteiger partial charge in [0.2, 0.25) is 5.91 Å². The predicted octanol–water partition coefficient (Wildman–Crippen LogP) is 2.57. The first-order valence-corrected chi connectivity index (χ1v) is 6.94. The van der Waals surface area contributed by atoms with E-state index in [1.54, 1.807) is 18.2 Å². The molecule has 1 saturated heterocycles. The van der Waals surface area contributed by atoms with Gasteiger partial charge in [-0.1, -0.05) is 19.1 Å². The fourth-order valence-electron chi connectivity index (χ4n) is 2.66. The number of amides is 1. The summed E-state index contributed by atoms with van der Waals surface area (Å²) in [5.74, 6) is -0.0805. The number of carbonyl (C=O) groups excluding carboxylic acids is 1. The molecule has 2 atom stereocenters. The van der Waals surface area contributed by atoms with E-state index in [1.165, 1.54) is 11.0 Å². The number of hydrogen-bond acceptors (Lipinski definition) is 2. The Labute approximate surface area is 113 Å². The van der Waals surface area contributed by atoms with Gasteiger partial charge in [-0.25, -0.2) is 4.39 Å². The number of nitrogens with zero attached hydrogens (tertiary/aromatic N) is 1. The van der Waals surface area contributed by atoms with Crippen LogP contribution in [0.5, 0.6) is 0 Å². The summed E-state index contributed by atoms with van der Waals surface area (Å²) < 4.78 is 13.8. The highest BCUT2D eigenvalue weighted by Gasteiger charge is 2.31. The Bertz CT molecular complexity index is 450. The van der Waals surface area contributed by atoms with Crippen molar-refractivity contribution in [1.29, 1.82) is 0 Å². The van der Waals surface area contributed by atoms with Crippen LogP contribution in [0.15, 0.2) is 24.3 Å². The number of likely N-dealkylation sites (N-methyl/N-ethyl adjacent to an activating group) is 1. The van der Waals surface area contributed by atoms with Gasteiger partial charge in [-0.3, -0.25) is 4.79 Å². The summed E-state index contributed by atoms with van der Waals surface area (Å²) >= 11 is 0. The van der Waals surface area contributed by atoms with Gasteiger partial charge in [-0.2, -0.15) is 0 Å². The molecule has 2 rings (SSSR count). The van der Waals surface area contributed by atoms with Crippen LogP contribution in [0.1, 0.15) is 26.7 Å². The molecule has 104 valence electrons. The van der Waals surface area contributed by atoms with Crippen molar-refractivity contribution in [2.24, 2.45) is 5.92 Å². The van der Waals surface area contributed by atoms with Crippen molar-refractivity contribution in [2.75, 3.05) is 18.0 Å². The fourth-order valence-corrected chi connectivity index (χ4v) is 2.66. The lowest BCUT2D eigenvalue weighted by Crippen LogP contribution is -2.52. The monoisotopic (exact) mass is 264 g/mol. The summed E-state index contributed by atoms with van der Waals surface area (Å²) in [4.78, 5) is 14.1. The molecule has 0 aliphatic carbocycles. The standard InChI is InChI=1S/C15H21FN2O/c1-3-18(13-9-5-4-8-12(13)16)15(19)14-11(2)7-6-10-17-14/h4-5,8-9,11,14,17H,3,6-7,10H2,1-2H3. The predicted molar refractivity (Wildman–Crippen MR) is 74.6 cm³/mol. The van der Waals surface area contributed by atoms with Crippen LogP contribution in [0, 0.1) is 11.7 Å². The molecule has 1 aromatic rings. The molecule has 0 bridgehead atoms. The second-order valence-corrected chi connectivity index (χ2v) is 5.09. The molecule has 4 heteroatoms. The van der Waals surface area contributed by atoms with Gasteiger partial charge in [0.1, 0.15) is 5.82 Å². The molecule has 1 fully saturated rings. The summed E-state index contributed by atoms with van der Waals surface area (Å²) in [6.45, 7) is 5.28. The molecule has 0 saturated carbocycles. The first-order valence-electron chi connectivity index (χ1n) is 6.94. The molecule has 0 spiro atoms. The molecule has 19 heavy (non-hydrogen) atoms. The quantitative estimate of drug-likeness (QED) is 0.910. The van der Waals surface area contributed by atoms with Crippen LogP contribution in [0.2, 0.25) is 0 Å². The van der Waals surface area contributed by atoms with Crippen molar-refractivity contribution in [3.8, 4) is 0 Å². The van der Waals surface area contributed by atoms with E-state index in [0.29, 0.717) is 18.2 Å². The first kappa shape index (κ1) is 14.0. The Kier molecular flexibility index (Phi) is 4.53. The van der Waals surface area contributed by atoms with Crippen LogP contribution in [0.25, 0.3) is 0 Å². The van der Waals surface area contributed by atoms with Gasteiger partial charge < -0.3 is 10.2 Å². The molecule has 1 heterocycles. The Balaban J connectivity index is 2.22. The van der Waals surface area contributed by atoms with Crippen LogP contribution in [0.3, 0.4) is 0 Å². The normalized spacial score (nSPS) is 23.1. The number of para-hydroxylation sites is 1. The van der Waals surface area contributed by atoms with Crippen molar-refractivity contribution >= 4 is 11.6 Å². The second-order valence-electron chi connectivity index (χ2n) is 5.09. The van der Waals surface area contributed by atoms with Gasteiger partial charge >= 0.3 is 0 Å². The van der Waals surface area contributed by atoms with E-state index in [4.69, 9.17) is 0 Å². The lowest BCUT2D eigenvalue weighted by atomic mass is 9.91. The highest BCUT2D eigenvalue weighted by molar-refractivity contribution is 5.97. The molecule has 3 nitrogen and oxygen atoms in total.